The van der Waals surface area contributed by atoms with Crippen LogP contribution in [0.5, 0.6) is 0 Å². The summed E-state index contributed by atoms with van der Waals surface area (Å²) >= 11 is 0. The van der Waals surface area contributed by atoms with E-state index >= 15 is 0 Å². The van der Waals surface area contributed by atoms with E-state index in [0.29, 0.717) is 6.54 Å². The molecule has 0 radical (unpaired) electrons. The van der Waals surface area contributed by atoms with Gasteiger partial charge in [-0.3, -0.25) is 0 Å². The van der Waals surface area contributed by atoms with Crippen LogP contribution in [0.4, 0.5) is 4.79 Å². The van der Waals surface area contributed by atoms with Crippen molar-refractivity contribution in [3.8, 4) is 0 Å². The summed E-state index contributed by atoms with van der Waals surface area (Å²) in [4.78, 5) is 12.0. The molecule has 0 saturated carbocycles. The zero-order chi connectivity index (χ0) is 15.2. The van der Waals surface area contributed by atoms with E-state index in [2.05, 4.69) is 22.7 Å². The molecule has 1 aliphatic rings. The molecule has 2 N–H and O–H groups in total. The fourth-order valence-corrected chi connectivity index (χ4v) is 2.83. The zero-order valence-electron chi connectivity index (χ0n) is 13.1. The molecule has 2 atom stereocenters. The Morgan fingerprint density at radius 2 is 2.19 bits per heavy atom. The van der Waals surface area contributed by atoms with Gasteiger partial charge in [0.25, 0.3) is 0 Å². The highest BCUT2D eigenvalue weighted by molar-refractivity contribution is 5.74. The molecule has 2 amide bonds. The number of aromatic nitrogens is 1. The van der Waals surface area contributed by atoms with Crippen LogP contribution in [0.15, 0.2) is 4.52 Å². The zero-order valence-corrected chi connectivity index (χ0v) is 13.1. The van der Waals surface area contributed by atoms with Crippen molar-refractivity contribution in [2.75, 3.05) is 19.8 Å². The minimum atomic E-state index is -0.111. The van der Waals surface area contributed by atoms with Crippen LogP contribution in [0.1, 0.15) is 49.1 Å². The van der Waals surface area contributed by atoms with E-state index in [1.165, 1.54) is 0 Å². The first-order chi connectivity index (χ1) is 10.1. The van der Waals surface area contributed by atoms with Gasteiger partial charge in [-0.2, -0.15) is 0 Å². The Morgan fingerprint density at radius 3 is 2.90 bits per heavy atom. The lowest BCUT2D eigenvalue weighted by atomic mass is 10.00. The number of ether oxygens (including phenoxy) is 1. The lowest BCUT2D eigenvalue weighted by Crippen LogP contribution is -2.43. The summed E-state index contributed by atoms with van der Waals surface area (Å²) in [6.45, 7) is 7.97. The quantitative estimate of drug-likeness (QED) is 0.893. The summed E-state index contributed by atoms with van der Waals surface area (Å²) < 4.78 is 10.6. The highest BCUT2D eigenvalue weighted by Crippen LogP contribution is 2.22. The SMILES string of the molecule is Cc1noc(C)c1C(C)CNC(=O)NC1CCCOCC1. The number of aryl methyl sites for hydroxylation is 2. The van der Waals surface area contributed by atoms with Crippen LogP contribution in [0.2, 0.25) is 0 Å². The second-order valence-electron chi connectivity index (χ2n) is 5.73. The molecule has 0 aliphatic carbocycles. The summed E-state index contributed by atoms with van der Waals surface area (Å²) in [7, 11) is 0. The number of amides is 2. The van der Waals surface area contributed by atoms with Crippen LogP contribution in [-0.2, 0) is 4.74 Å². The Morgan fingerprint density at radius 1 is 1.38 bits per heavy atom. The number of rotatable bonds is 4. The van der Waals surface area contributed by atoms with E-state index in [9.17, 15) is 4.79 Å². The molecule has 0 bridgehead atoms. The van der Waals surface area contributed by atoms with Gasteiger partial charge in [-0.15, -0.1) is 0 Å². The first-order valence-electron chi connectivity index (χ1n) is 7.62. The van der Waals surface area contributed by atoms with Gasteiger partial charge in [-0.25, -0.2) is 4.79 Å². The Kier molecular flexibility index (Phi) is 5.61. The molecule has 1 aliphatic heterocycles. The topological polar surface area (TPSA) is 76.4 Å². The van der Waals surface area contributed by atoms with Gasteiger partial charge in [-0.1, -0.05) is 12.1 Å². The van der Waals surface area contributed by atoms with Crippen LogP contribution in [0.25, 0.3) is 0 Å². The van der Waals surface area contributed by atoms with Gasteiger partial charge >= 0.3 is 6.03 Å². The standard InChI is InChI=1S/C15H25N3O3/c1-10(14-11(2)18-21-12(14)3)9-16-15(19)17-13-5-4-7-20-8-6-13/h10,13H,4-9H2,1-3H3,(H2,16,17,19). The highest BCUT2D eigenvalue weighted by Gasteiger charge is 2.18. The number of carbonyl (C=O) groups is 1. The van der Waals surface area contributed by atoms with Crippen molar-refractivity contribution in [2.24, 2.45) is 0 Å². The van der Waals surface area contributed by atoms with Crippen molar-refractivity contribution in [1.82, 2.24) is 15.8 Å². The maximum atomic E-state index is 12.0. The predicted octanol–water partition coefficient (Wildman–Crippen LogP) is 2.26. The summed E-state index contributed by atoms with van der Waals surface area (Å²) in [5, 5.41) is 9.90. The Bertz CT molecular complexity index is 445. The van der Waals surface area contributed by atoms with Gasteiger partial charge in [0, 0.05) is 37.3 Å². The molecule has 6 nitrogen and oxygen atoms in total. The van der Waals surface area contributed by atoms with E-state index < -0.39 is 0 Å². The Labute approximate surface area is 125 Å². The largest absolute Gasteiger partial charge is 0.381 e. The number of nitrogens with one attached hydrogen (secondary N) is 2. The maximum Gasteiger partial charge on any atom is 0.315 e. The molecule has 0 aromatic carbocycles. The number of nitrogens with zero attached hydrogens (tertiary/aromatic N) is 1. The molecule has 21 heavy (non-hydrogen) atoms. The van der Waals surface area contributed by atoms with Crippen molar-refractivity contribution in [3.63, 3.8) is 0 Å². The van der Waals surface area contributed by atoms with Gasteiger partial charge in [0.1, 0.15) is 5.76 Å². The molecular formula is C15H25N3O3. The smallest absolute Gasteiger partial charge is 0.315 e. The van der Waals surface area contributed by atoms with E-state index in [4.69, 9.17) is 9.26 Å². The monoisotopic (exact) mass is 295 g/mol. The summed E-state index contributed by atoms with van der Waals surface area (Å²) in [5.74, 6) is 1.00. The Hall–Kier alpha value is -1.56. The van der Waals surface area contributed by atoms with Gasteiger partial charge in [0.05, 0.1) is 5.69 Å². The third-order valence-electron chi connectivity index (χ3n) is 3.94. The highest BCUT2D eigenvalue weighted by atomic mass is 16.5. The van der Waals surface area contributed by atoms with Gasteiger partial charge in [-0.05, 0) is 33.1 Å². The fraction of sp³-hybridized carbons (Fsp3) is 0.733. The number of hydrogen-bond acceptors (Lipinski definition) is 4. The molecule has 1 aromatic heterocycles. The molecule has 0 spiro atoms. The molecule has 118 valence electrons. The van der Waals surface area contributed by atoms with E-state index in [1.54, 1.807) is 0 Å². The molecule has 2 rings (SSSR count). The summed E-state index contributed by atoms with van der Waals surface area (Å²) in [6, 6.07) is 0.0994. The predicted molar refractivity (Wildman–Crippen MR) is 79.4 cm³/mol. The third kappa shape index (κ3) is 4.46. The second-order valence-corrected chi connectivity index (χ2v) is 5.73. The molecule has 2 unspecified atom stereocenters. The molecule has 6 heteroatoms. The van der Waals surface area contributed by atoms with Crippen molar-refractivity contribution in [1.29, 1.82) is 0 Å². The van der Waals surface area contributed by atoms with Crippen LogP contribution < -0.4 is 10.6 Å². The van der Waals surface area contributed by atoms with E-state index in [-0.39, 0.29) is 18.0 Å². The van der Waals surface area contributed by atoms with E-state index in [1.807, 2.05) is 13.8 Å². The summed E-state index contributed by atoms with van der Waals surface area (Å²) in [6.07, 6.45) is 2.86. The first kappa shape index (κ1) is 15.8. The van der Waals surface area contributed by atoms with Crippen LogP contribution >= 0.6 is 0 Å². The number of hydrogen-bond donors (Lipinski definition) is 2. The van der Waals surface area contributed by atoms with Crippen molar-refractivity contribution < 1.29 is 14.1 Å². The minimum Gasteiger partial charge on any atom is -0.381 e. The third-order valence-corrected chi connectivity index (χ3v) is 3.94. The normalized spacial score (nSPS) is 20.6. The van der Waals surface area contributed by atoms with Crippen LogP contribution in [0.3, 0.4) is 0 Å². The molecule has 1 aromatic rings. The Balaban J connectivity index is 1.78. The average Bonchev–Trinajstić information content (AvgIpc) is 2.67. The van der Waals surface area contributed by atoms with Crippen molar-refractivity contribution in [3.05, 3.63) is 17.0 Å². The first-order valence-corrected chi connectivity index (χ1v) is 7.62. The fourth-order valence-electron chi connectivity index (χ4n) is 2.83. The number of carbonyl (C=O) groups excluding carboxylic acids is 1. The van der Waals surface area contributed by atoms with Crippen LogP contribution in [-0.4, -0.2) is 37.0 Å². The maximum absolute atomic E-state index is 12.0. The molecule has 1 saturated heterocycles. The van der Waals surface area contributed by atoms with Crippen LogP contribution in [0, 0.1) is 13.8 Å². The molecular weight excluding hydrogens is 270 g/mol. The van der Waals surface area contributed by atoms with E-state index in [0.717, 1.165) is 49.5 Å². The van der Waals surface area contributed by atoms with Crippen molar-refractivity contribution >= 4 is 6.03 Å². The minimum absolute atomic E-state index is 0.111. The lowest BCUT2D eigenvalue weighted by Gasteiger charge is -2.18. The van der Waals surface area contributed by atoms with Crippen molar-refractivity contribution in [2.45, 2.75) is 52.0 Å². The molecule has 2 heterocycles. The number of urea groups is 1. The van der Waals surface area contributed by atoms with Gasteiger partial charge < -0.3 is 19.9 Å². The second kappa shape index (κ2) is 7.45. The molecule has 1 fully saturated rings. The lowest BCUT2D eigenvalue weighted by molar-refractivity contribution is 0.143. The van der Waals surface area contributed by atoms with Gasteiger partial charge in [0.2, 0.25) is 0 Å². The average molecular weight is 295 g/mol. The summed E-state index contributed by atoms with van der Waals surface area (Å²) in [5.41, 5.74) is 1.97. The van der Waals surface area contributed by atoms with Gasteiger partial charge in [0.15, 0.2) is 0 Å².